The van der Waals surface area contributed by atoms with Gasteiger partial charge in [-0.3, -0.25) is 0 Å². The van der Waals surface area contributed by atoms with Crippen LogP contribution in [0.25, 0.3) is 0 Å². The van der Waals surface area contributed by atoms with Crippen LogP contribution in [0.15, 0.2) is 121 Å². The molecule has 0 bridgehead atoms. The molecule has 6 atom stereocenters. The summed E-state index contributed by atoms with van der Waals surface area (Å²) in [5, 5.41) is 3.05. The third kappa shape index (κ3) is 7.50. The summed E-state index contributed by atoms with van der Waals surface area (Å²) in [6.07, 6.45) is -2.60. The van der Waals surface area contributed by atoms with E-state index in [2.05, 4.69) is 5.32 Å². The molecule has 1 aliphatic carbocycles. The number of benzene rings is 4. The van der Waals surface area contributed by atoms with E-state index in [-0.39, 0.29) is 12.0 Å². The molecular weight excluding hydrogens is 542 g/mol. The van der Waals surface area contributed by atoms with Crippen LogP contribution in [0.3, 0.4) is 0 Å². The van der Waals surface area contributed by atoms with Crippen molar-refractivity contribution in [2.24, 2.45) is 5.92 Å². The Labute approximate surface area is 252 Å². The lowest BCUT2D eigenvalue weighted by molar-refractivity contribution is -0.223. The Kier molecular flexibility index (Phi) is 9.77. The molecule has 7 nitrogen and oxygen atoms in total. The fourth-order valence-electron chi connectivity index (χ4n) is 5.88. The highest BCUT2D eigenvalue weighted by Gasteiger charge is 2.57. The summed E-state index contributed by atoms with van der Waals surface area (Å²) in [5.74, 6) is -0.249. The highest BCUT2D eigenvalue weighted by Crippen LogP contribution is 2.38. The first-order valence-corrected chi connectivity index (χ1v) is 14.8. The Morgan fingerprint density at radius 1 is 0.535 bits per heavy atom. The largest absolute Gasteiger partial charge is 0.441 e. The lowest BCUT2D eigenvalue weighted by Gasteiger charge is -2.46. The van der Waals surface area contributed by atoms with Gasteiger partial charge in [0.15, 0.2) is 6.10 Å². The zero-order valence-electron chi connectivity index (χ0n) is 24.0. The number of ether oxygens (including phenoxy) is 5. The number of alkyl carbamates (subject to hydrolysis) is 1. The van der Waals surface area contributed by atoms with Crippen LogP contribution in [0.5, 0.6) is 0 Å². The van der Waals surface area contributed by atoms with Crippen molar-refractivity contribution in [3.63, 3.8) is 0 Å². The van der Waals surface area contributed by atoms with E-state index >= 15 is 0 Å². The van der Waals surface area contributed by atoms with Crippen LogP contribution in [0.1, 0.15) is 22.3 Å². The van der Waals surface area contributed by atoms with E-state index in [9.17, 15) is 4.79 Å². The third-order valence-electron chi connectivity index (χ3n) is 8.01. The van der Waals surface area contributed by atoms with E-state index in [1.165, 1.54) is 0 Å². The first-order valence-electron chi connectivity index (χ1n) is 14.8. The van der Waals surface area contributed by atoms with Gasteiger partial charge < -0.3 is 29.0 Å². The molecule has 1 N–H and O–H groups in total. The third-order valence-corrected chi connectivity index (χ3v) is 8.01. The van der Waals surface area contributed by atoms with Crippen LogP contribution in [-0.4, -0.2) is 43.2 Å². The molecule has 0 radical (unpaired) electrons. The van der Waals surface area contributed by atoms with Gasteiger partial charge in [-0.2, -0.15) is 0 Å². The van der Waals surface area contributed by atoms with Crippen molar-refractivity contribution in [1.29, 1.82) is 0 Å². The molecule has 0 spiro atoms. The first kappa shape index (κ1) is 29.1. The van der Waals surface area contributed by atoms with Gasteiger partial charge >= 0.3 is 6.09 Å². The highest BCUT2D eigenvalue weighted by molar-refractivity contribution is 5.70. The Balaban J connectivity index is 1.30. The van der Waals surface area contributed by atoms with E-state index in [0.717, 1.165) is 22.3 Å². The van der Waals surface area contributed by atoms with E-state index < -0.39 is 30.5 Å². The Bertz CT molecular complexity index is 1410. The molecule has 4 aromatic carbocycles. The molecule has 0 aromatic heterocycles. The number of hydrogen-bond acceptors (Lipinski definition) is 6. The van der Waals surface area contributed by atoms with Crippen molar-refractivity contribution in [3.05, 3.63) is 144 Å². The van der Waals surface area contributed by atoms with E-state index in [0.29, 0.717) is 33.0 Å². The van der Waals surface area contributed by atoms with Gasteiger partial charge in [0.1, 0.15) is 12.2 Å². The summed E-state index contributed by atoms with van der Waals surface area (Å²) in [6.45, 7) is 1.87. The molecule has 2 fully saturated rings. The van der Waals surface area contributed by atoms with Crippen LogP contribution in [-0.2, 0) is 50.1 Å². The number of rotatable bonds is 13. The molecule has 1 heterocycles. The van der Waals surface area contributed by atoms with Gasteiger partial charge in [-0.05, 0) is 22.3 Å². The van der Waals surface area contributed by atoms with Crippen molar-refractivity contribution >= 4 is 6.09 Å². The van der Waals surface area contributed by atoms with Gasteiger partial charge in [0.2, 0.25) is 0 Å². The van der Waals surface area contributed by atoms with E-state index in [4.69, 9.17) is 23.7 Å². The molecule has 4 aromatic rings. The Hall–Kier alpha value is -4.01. The Morgan fingerprint density at radius 2 is 0.953 bits per heavy atom. The quantitative estimate of drug-likeness (QED) is 0.207. The fraction of sp³-hybridized carbons (Fsp3) is 0.306. The van der Waals surface area contributed by atoms with Crippen molar-refractivity contribution < 1.29 is 28.5 Å². The molecule has 1 saturated heterocycles. The van der Waals surface area contributed by atoms with Gasteiger partial charge in [-0.15, -0.1) is 0 Å². The lowest BCUT2D eigenvalue weighted by Crippen LogP contribution is -2.65. The number of nitrogens with one attached hydrogen (secondary N) is 1. The molecule has 1 saturated carbocycles. The number of hydrogen-bond donors (Lipinski definition) is 1. The monoisotopic (exact) mass is 579 g/mol. The molecule has 7 heteroatoms. The van der Waals surface area contributed by atoms with Crippen LogP contribution < -0.4 is 5.32 Å². The average molecular weight is 580 g/mol. The molecule has 1 amide bonds. The summed E-state index contributed by atoms with van der Waals surface area (Å²) in [7, 11) is 0. The molecule has 2 aliphatic rings. The molecular formula is C36H37NO6. The van der Waals surface area contributed by atoms with Crippen molar-refractivity contribution in [3.8, 4) is 0 Å². The summed E-state index contributed by atoms with van der Waals surface area (Å²) in [6, 6.07) is 39.7. The zero-order chi connectivity index (χ0) is 29.3. The van der Waals surface area contributed by atoms with Crippen LogP contribution in [0.4, 0.5) is 4.79 Å². The summed E-state index contributed by atoms with van der Waals surface area (Å²) in [5.41, 5.74) is 4.17. The predicted octanol–water partition coefficient (Wildman–Crippen LogP) is 6.07. The maximum Gasteiger partial charge on any atom is 0.407 e. The summed E-state index contributed by atoms with van der Waals surface area (Å²) < 4.78 is 32.1. The second-order valence-electron chi connectivity index (χ2n) is 11.0. The number of carbonyl (C=O) groups excluding carboxylic acids is 1. The van der Waals surface area contributed by atoms with Crippen LogP contribution in [0, 0.1) is 5.92 Å². The minimum atomic E-state index is -0.570. The summed E-state index contributed by atoms with van der Waals surface area (Å²) in [4.78, 5) is 12.7. The Morgan fingerprint density at radius 3 is 1.44 bits per heavy atom. The van der Waals surface area contributed by atoms with Gasteiger partial charge in [-0.1, -0.05) is 121 Å². The number of carbonyl (C=O) groups is 1. The topological polar surface area (TPSA) is 75.3 Å². The van der Waals surface area contributed by atoms with Crippen LogP contribution >= 0.6 is 0 Å². The molecule has 0 unspecified atom stereocenters. The van der Waals surface area contributed by atoms with Crippen molar-refractivity contribution in [2.45, 2.75) is 56.9 Å². The molecule has 6 rings (SSSR count). The highest BCUT2D eigenvalue weighted by atomic mass is 16.6. The molecule has 1 aliphatic heterocycles. The van der Waals surface area contributed by atoms with Crippen LogP contribution in [0.2, 0.25) is 0 Å². The van der Waals surface area contributed by atoms with E-state index in [1.54, 1.807) is 0 Å². The molecule has 222 valence electrons. The summed E-state index contributed by atoms with van der Waals surface area (Å²) >= 11 is 0. The van der Waals surface area contributed by atoms with Gasteiger partial charge in [-0.25, -0.2) is 4.79 Å². The smallest absolute Gasteiger partial charge is 0.407 e. The number of amides is 1. The minimum absolute atomic E-state index is 0.249. The SMILES string of the molecule is O=C1N[C@H]2[C@H](COCc3ccccc3)[C@@H](OCc3ccccc3)[C@H](OCc3ccccc3)[C@@H](OCc3ccccc3)[C@H]2O1. The van der Waals surface area contributed by atoms with Crippen molar-refractivity contribution in [1.82, 2.24) is 5.32 Å². The standard InChI is InChI=1S/C36H37NO6/c38-36-37-31-30(25-39-21-26-13-5-1-6-14-26)32(40-22-27-15-7-2-8-16-27)34(41-23-28-17-9-3-10-18-28)35(33(31)43-36)42-24-29-19-11-4-12-20-29/h1-20,30-35H,21-25H2,(H,37,38)/t30-,31-,32+,33-,34-,35-/m0/s1. The molecule has 43 heavy (non-hydrogen) atoms. The lowest BCUT2D eigenvalue weighted by atomic mass is 9.77. The predicted molar refractivity (Wildman–Crippen MR) is 162 cm³/mol. The van der Waals surface area contributed by atoms with Gasteiger partial charge in [0, 0.05) is 5.92 Å². The fourth-order valence-corrected chi connectivity index (χ4v) is 5.88. The minimum Gasteiger partial charge on any atom is -0.441 e. The van der Waals surface area contributed by atoms with Gasteiger partial charge in [0.25, 0.3) is 0 Å². The maximum absolute atomic E-state index is 12.7. The van der Waals surface area contributed by atoms with E-state index in [1.807, 2.05) is 121 Å². The van der Waals surface area contributed by atoms with Gasteiger partial charge in [0.05, 0.1) is 45.2 Å². The second kappa shape index (κ2) is 14.4. The second-order valence-corrected chi connectivity index (χ2v) is 11.0. The normalized spacial score (nSPS) is 24.6. The first-order chi connectivity index (χ1) is 21.2. The number of fused-ring (bicyclic) bond motifs is 1. The average Bonchev–Trinajstić information content (AvgIpc) is 3.45. The maximum atomic E-state index is 12.7. The van der Waals surface area contributed by atoms with Crippen molar-refractivity contribution in [2.75, 3.05) is 6.61 Å². The zero-order valence-corrected chi connectivity index (χ0v) is 24.0.